The fourth-order valence-electron chi connectivity index (χ4n) is 2.62. The van der Waals surface area contributed by atoms with Crippen LogP contribution in [0.1, 0.15) is 25.3 Å². The number of ether oxygens (including phenoxy) is 1. The number of aryl methyl sites for hydroxylation is 1. The molecular formula is C22H28ClN3O2S. The lowest BCUT2D eigenvalue weighted by molar-refractivity contribution is 0.477. The summed E-state index contributed by atoms with van der Waals surface area (Å²) in [6, 6.07) is 11.0. The molecule has 0 aliphatic heterocycles. The Morgan fingerprint density at radius 1 is 1.31 bits per heavy atom. The summed E-state index contributed by atoms with van der Waals surface area (Å²) in [5, 5.41) is 0.515. The Hall–Kier alpha value is -2.05. The molecule has 1 unspecified atom stereocenters. The highest BCUT2D eigenvalue weighted by Gasteiger charge is 2.21. The number of halogens is 1. The van der Waals surface area contributed by atoms with Crippen molar-refractivity contribution in [3.63, 3.8) is 0 Å². The molecule has 7 heteroatoms. The van der Waals surface area contributed by atoms with Crippen LogP contribution in [0, 0.1) is 12.8 Å². The Morgan fingerprint density at radius 3 is 2.76 bits per heavy atom. The van der Waals surface area contributed by atoms with Crippen LogP contribution in [0.3, 0.4) is 0 Å². The monoisotopic (exact) mass is 433 g/mol. The zero-order valence-corrected chi connectivity index (χ0v) is 19.0. The van der Waals surface area contributed by atoms with Crippen molar-refractivity contribution in [2.24, 2.45) is 15.3 Å². The van der Waals surface area contributed by atoms with E-state index < -0.39 is 9.73 Å². The van der Waals surface area contributed by atoms with E-state index in [2.05, 4.69) is 16.3 Å². The highest BCUT2D eigenvalue weighted by Crippen LogP contribution is 2.35. The first kappa shape index (κ1) is 21.7. The molecule has 2 aromatic carbocycles. The Kier molecular flexibility index (Phi) is 6.85. The van der Waals surface area contributed by atoms with Crippen molar-refractivity contribution >= 4 is 33.4 Å². The summed E-state index contributed by atoms with van der Waals surface area (Å²) < 4.78 is 23.5. The third-order valence-corrected chi connectivity index (χ3v) is 6.96. The summed E-state index contributed by atoms with van der Waals surface area (Å²) in [4.78, 5) is 7.09. The van der Waals surface area contributed by atoms with E-state index in [-0.39, 0.29) is 0 Å². The first-order valence-corrected chi connectivity index (χ1v) is 12.1. The molecule has 0 aromatic heterocycles. The van der Waals surface area contributed by atoms with E-state index in [0.29, 0.717) is 39.6 Å². The highest BCUT2D eigenvalue weighted by molar-refractivity contribution is 7.93. The van der Waals surface area contributed by atoms with Gasteiger partial charge in [-0.2, -0.15) is 0 Å². The van der Waals surface area contributed by atoms with Gasteiger partial charge in [0.2, 0.25) is 0 Å². The molecule has 2 aromatic rings. The van der Waals surface area contributed by atoms with Gasteiger partial charge >= 0.3 is 0 Å². The van der Waals surface area contributed by atoms with Crippen LogP contribution in [0.2, 0.25) is 5.02 Å². The Morgan fingerprint density at radius 2 is 2.07 bits per heavy atom. The maximum absolute atomic E-state index is 13.0. The summed E-state index contributed by atoms with van der Waals surface area (Å²) in [6.45, 7) is 5.54. The third-order valence-electron chi connectivity index (χ3n) is 4.88. The molecular weight excluding hydrogens is 406 g/mol. The third kappa shape index (κ3) is 5.97. The van der Waals surface area contributed by atoms with Gasteiger partial charge < -0.3 is 9.64 Å². The van der Waals surface area contributed by atoms with Crippen molar-refractivity contribution in [2.45, 2.75) is 31.6 Å². The maximum atomic E-state index is 13.0. The standard InChI is InChI=1S/C22H28ClN3O2S/c1-5-26(3)15-24-21-11-16(2)22(13-20(21)23)28-18-7-6-8-19(12-18)29(4,27)25-14-17-9-10-17/h6-8,11-13,15,17H,5,9-10,14H2,1-4H3. The minimum atomic E-state index is -2.43. The van der Waals surface area contributed by atoms with Crippen LogP contribution in [-0.4, -0.2) is 41.8 Å². The fourth-order valence-corrected chi connectivity index (χ4v) is 4.13. The molecule has 0 radical (unpaired) electrons. The van der Waals surface area contributed by atoms with E-state index in [9.17, 15) is 4.21 Å². The molecule has 5 nitrogen and oxygen atoms in total. The zero-order chi connectivity index (χ0) is 21.0. The van der Waals surface area contributed by atoms with E-state index in [1.165, 1.54) is 12.8 Å². The Bertz CT molecular complexity index is 1020. The molecule has 0 bridgehead atoms. The van der Waals surface area contributed by atoms with Gasteiger partial charge in [0, 0.05) is 25.9 Å². The summed E-state index contributed by atoms with van der Waals surface area (Å²) in [7, 11) is -0.472. The molecule has 0 amide bonds. The molecule has 0 saturated heterocycles. The smallest absolute Gasteiger partial charge is 0.131 e. The number of rotatable bonds is 8. The maximum Gasteiger partial charge on any atom is 0.131 e. The molecule has 0 spiro atoms. The van der Waals surface area contributed by atoms with Crippen LogP contribution in [0.15, 0.2) is 50.6 Å². The Labute approximate surface area is 178 Å². The minimum Gasteiger partial charge on any atom is -0.457 e. The van der Waals surface area contributed by atoms with Crippen LogP contribution in [0.4, 0.5) is 5.69 Å². The molecule has 1 saturated carbocycles. The van der Waals surface area contributed by atoms with Crippen molar-refractivity contribution in [2.75, 3.05) is 26.4 Å². The van der Waals surface area contributed by atoms with E-state index in [1.807, 2.05) is 43.1 Å². The number of hydrogen-bond donors (Lipinski definition) is 0. The van der Waals surface area contributed by atoms with Gasteiger partial charge in [-0.3, -0.25) is 0 Å². The average molecular weight is 434 g/mol. The van der Waals surface area contributed by atoms with E-state index >= 15 is 0 Å². The second-order valence-corrected chi connectivity index (χ2v) is 10.3. The molecule has 3 rings (SSSR count). The molecule has 0 heterocycles. The number of aliphatic imine (C=N–C) groups is 1. The predicted molar refractivity (Wildman–Crippen MR) is 122 cm³/mol. The van der Waals surface area contributed by atoms with Crippen LogP contribution in [0.5, 0.6) is 11.5 Å². The molecule has 29 heavy (non-hydrogen) atoms. The molecule has 1 aliphatic carbocycles. The summed E-state index contributed by atoms with van der Waals surface area (Å²) in [6.07, 6.45) is 5.83. The zero-order valence-electron chi connectivity index (χ0n) is 17.4. The second-order valence-electron chi connectivity index (χ2n) is 7.52. The SMILES string of the molecule is CCN(C)C=Nc1cc(C)c(Oc2cccc(S(C)(=O)=NCC3CC3)c2)cc1Cl. The Balaban J connectivity index is 1.81. The predicted octanol–water partition coefficient (Wildman–Crippen LogP) is 5.92. The first-order chi connectivity index (χ1) is 13.8. The van der Waals surface area contributed by atoms with Gasteiger partial charge in [-0.1, -0.05) is 17.7 Å². The highest BCUT2D eigenvalue weighted by atomic mass is 35.5. The number of nitrogens with zero attached hydrogens (tertiary/aromatic N) is 3. The van der Waals surface area contributed by atoms with E-state index in [4.69, 9.17) is 16.3 Å². The van der Waals surface area contributed by atoms with Gasteiger partial charge in [-0.15, -0.1) is 0 Å². The lowest BCUT2D eigenvalue weighted by Crippen LogP contribution is -2.14. The molecule has 156 valence electrons. The molecule has 0 N–H and O–H groups in total. The van der Waals surface area contributed by atoms with Crippen molar-refractivity contribution in [1.82, 2.24) is 4.90 Å². The van der Waals surface area contributed by atoms with Gasteiger partial charge in [0.15, 0.2) is 0 Å². The number of hydrogen-bond acceptors (Lipinski definition) is 4. The second kappa shape index (κ2) is 9.18. The average Bonchev–Trinajstić information content (AvgIpc) is 3.52. The topological polar surface area (TPSA) is 54.3 Å². The van der Waals surface area contributed by atoms with Crippen LogP contribution < -0.4 is 4.74 Å². The van der Waals surface area contributed by atoms with Gasteiger partial charge in [-0.05, 0) is 62.4 Å². The molecule has 1 fully saturated rings. The molecule has 1 aliphatic rings. The van der Waals surface area contributed by atoms with Crippen molar-refractivity contribution < 1.29 is 8.95 Å². The van der Waals surface area contributed by atoms with Crippen molar-refractivity contribution in [1.29, 1.82) is 0 Å². The lowest BCUT2D eigenvalue weighted by atomic mass is 10.2. The van der Waals surface area contributed by atoms with Gasteiger partial charge in [-0.25, -0.2) is 13.6 Å². The van der Waals surface area contributed by atoms with Crippen LogP contribution in [-0.2, 0) is 9.73 Å². The van der Waals surface area contributed by atoms with Gasteiger partial charge in [0.05, 0.1) is 38.2 Å². The number of benzene rings is 2. The summed E-state index contributed by atoms with van der Waals surface area (Å²) >= 11 is 6.40. The van der Waals surface area contributed by atoms with Crippen LogP contribution in [0.25, 0.3) is 0 Å². The quantitative estimate of drug-likeness (QED) is 0.383. The summed E-state index contributed by atoms with van der Waals surface area (Å²) in [5.74, 6) is 1.87. The van der Waals surface area contributed by atoms with E-state index in [1.54, 1.807) is 24.7 Å². The summed E-state index contributed by atoms with van der Waals surface area (Å²) in [5.41, 5.74) is 1.61. The minimum absolute atomic E-state index is 0.515. The lowest BCUT2D eigenvalue weighted by Gasteiger charge is -2.13. The molecule has 1 atom stereocenters. The van der Waals surface area contributed by atoms with E-state index in [0.717, 1.165) is 12.1 Å². The van der Waals surface area contributed by atoms with Gasteiger partial charge in [0.1, 0.15) is 11.5 Å². The largest absolute Gasteiger partial charge is 0.457 e. The fraction of sp³-hybridized carbons (Fsp3) is 0.409. The van der Waals surface area contributed by atoms with Crippen molar-refractivity contribution in [3.05, 3.63) is 47.0 Å². The normalized spacial score (nSPS) is 15.9. The van der Waals surface area contributed by atoms with Crippen LogP contribution >= 0.6 is 11.6 Å². The van der Waals surface area contributed by atoms with Crippen molar-refractivity contribution in [3.8, 4) is 11.5 Å². The van der Waals surface area contributed by atoms with Gasteiger partial charge in [0.25, 0.3) is 0 Å². The first-order valence-electron chi connectivity index (χ1n) is 9.79.